The van der Waals surface area contributed by atoms with E-state index in [2.05, 4.69) is 27.0 Å². The molecule has 12 heteroatoms. The van der Waals surface area contributed by atoms with Crippen LogP contribution in [0.15, 0.2) is 71.8 Å². The van der Waals surface area contributed by atoms with Gasteiger partial charge in [-0.2, -0.15) is 5.10 Å². The minimum atomic E-state index is -0.555. The van der Waals surface area contributed by atoms with E-state index in [4.69, 9.17) is 42.1 Å². The summed E-state index contributed by atoms with van der Waals surface area (Å²) >= 11 is 12.3. The Morgan fingerprint density at radius 1 is 0.978 bits per heavy atom. The highest BCUT2D eigenvalue weighted by Gasteiger charge is 2.30. The van der Waals surface area contributed by atoms with Gasteiger partial charge < -0.3 is 28.7 Å². The third-order valence-electron chi connectivity index (χ3n) is 8.37. The lowest BCUT2D eigenvalue weighted by molar-refractivity contribution is -0.0658. The highest BCUT2D eigenvalue weighted by molar-refractivity contribution is 6.35. The van der Waals surface area contributed by atoms with Crippen molar-refractivity contribution in [2.45, 2.75) is 38.7 Å². The molecule has 4 aromatic rings. The van der Waals surface area contributed by atoms with Crippen LogP contribution < -0.4 is 25.0 Å². The molecule has 2 fully saturated rings. The number of halogens is 2. The van der Waals surface area contributed by atoms with Crippen LogP contribution in [0.1, 0.15) is 38.2 Å². The van der Waals surface area contributed by atoms with Crippen molar-refractivity contribution >= 4 is 34.6 Å². The fraction of sp³-hybridized carbons (Fsp3) is 0.394. The quantitative estimate of drug-likeness (QED) is 0.202. The van der Waals surface area contributed by atoms with Gasteiger partial charge in [0.25, 0.3) is 0 Å². The summed E-state index contributed by atoms with van der Waals surface area (Å²) < 4.78 is 26.8. The van der Waals surface area contributed by atoms with Crippen molar-refractivity contribution in [3.05, 3.63) is 93.1 Å². The molecule has 1 aromatic heterocycles. The molecule has 0 aliphatic carbocycles. The molecule has 45 heavy (non-hydrogen) atoms. The molecule has 0 saturated carbocycles. The highest BCUT2D eigenvalue weighted by atomic mass is 35.5. The lowest BCUT2D eigenvalue weighted by atomic mass is 10.2. The summed E-state index contributed by atoms with van der Waals surface area (Å²) in [5.74, 6) is 1.45. The van der Waals surface area contributed by atoms with E-state index in [9.17, 15) is 4.79 Å². The first kappa shape index (κ1) is 31.3. The number of anilines is 2. The van der Waals surface area contributed by atoms with E-state index >= 15 is 0 Å². The molecular weight excluding hydrogens is 617 g/mol. The average Bonchev–Trinajstić information content (AvgIpc) is 3.70. The van der Waals surface area contributed by atoms with Crippen LogP contribution in [0.3, 0.4) is 0 Å². The predicted octanol–water partition coefficient (Wildman–Crippen LogP) is 6.14. The molecule has 0 spiro atoms. The molecule has 238 valence electrons. The van der Waals surface area contributed by atoms with E-state index < -0.39 is 6.29 Å². The average molecular weight is 655 g/mol. The molecule has 0 bridgehead atoms. The Balaban J connectivity index is 1.03. The normalized spacial score (nSPS) is 19.1. The van der Waals surface area contributed by atoms with Crippen molar-refractivity contribution in [3.63, 3.8) is 0 Å². The molecule has 1 unspecified atom stereocenters. The smallest absolute Gasteiger partial charge is 0.350 e. The largest absolute Gasteiger partial charge is 0.494 e. The van der Waals surface area contributed by atoms with Crippen molar-refractivity contribution < 1.29 is 18.9 Å². The van der Waals surface area contributed by atoms with Gasteiger partial charge in [0, 0.05) is 48.5 Å². The predicted molar refractivity (Wildman–Crippen MR) is 176 cm³/mol. The second-order valence-electron chi connectivity index (χ2n) is 11.2. The first-order valence-corrected chi connectivity index (χ1v) is 15.9. The molecule has 0 N–H and O–H groups in total. The third-order valence-corrected chi connectivity index (χ3v) is 8.93. The van der Waals surface area contributed by atoms with E-state index in [-0.39, 0.29) is 17.8 Å². The Kier molecular flexibility index (Phi) is 9.56. The van der Waals surface area contributed by atoms with Gasteiger partial charge in [-0.25, -0.2) is 14.0 Å². The van der Waals surface area contributed by atoms with Gasteiger partial charge in [0.15, 0.2) is 6.29 Å². The van der Waals surface area contributed by atoms with Gasteiger partial charge >= 0.3 is 5.69 Å². The van der Waals surface area contributed by atoms with Gasteiger partial charge in [0.05, 0.1) is 36.2 Å². The Labute approximate surface area is 272 Å². The lowest BCUT2D eigenvalue weighted by Gasteiger charge is -2.38. The number of hydrogen-bond donors (Lipinski definition) is 0. The maximum atomic E-state index is 12.8. The van der Waals surface area contributed by atoms with E-state index in [0.29, 0.717) is 29.0 Å². The molecule has 3 aromatic carbocycles. The van der Waals surface area contributed by atoms with Crippen molar-refractivity contribution in [2.75, 3.05) is 56.3 Å². The van der Waals surface area contributed by atoms with Crippen molar-refractivity contribution in [2.24, 2.45) is 0 Å². The highest BCUT2D eigenvalue weighted by Crippen LogP contribution is 2.36. The summed E-state index contributed by atoms with van der Waals surface area (Å²) in [7, 11) is 1.67. The third kappa shape index (κ3) is 6.79. The summed E-state index contributed by atoms with van der Waals surface area (Å²) in [5, 5.41) is 5.36. The topological polar surface area (TPSA) is 83.2 Å². The second-order valence-corrected chi connectivity index (χ2v) is 12.1. The van der Waals surface area contributed by atoms with Gasteiger partial charge in [0.2, 0.25) is 0 Å². The van der Waals surface area contributed by atoms with Crippen molar-refractivity contribution in [3.8, 4) is 17.2 Å². The molecule has 2 saturated heterocycles. The first-order valence-electron chi connectivity index (χ1n) is 15.1. The van der Waals surface area contributed by atoms with Crippen LogP contribution in [0.2, 0.25) is 10.0 Å². The number of nitrogens with zero attached hydrogens (tertiary/aromatic N) is 5. The van der Waals surface area contributed by atoms with Gasteiger partial charge in [-0.05, 0) is 61.9 Å². The van der Waals surface area contributed by atoms with Crippen molar-refractivity contribution in [1.82, 2.24) is 14.3 Å². The van der Waals surface area contributed by atoms with E-state index in [0.717, 1.165) is 61.0 Å². The number of methoxy groups -OCH3 is 1. The summed E-state index contributed by atoms with van der Waals surface area (Å²) in [5.41, 5.74) is 3.58. The van der Waals surface area contributed by atoms with E-state index in [1.807, 2.05) is 50.2 Å². The maximum Gasteiger partial charge on any atom is 0.350 e. The number of aromatic nitrogens is 3. The SMILES string of the molecule is CCC(C)n1ncn(-c2ccc(N3CCN(c4ccc(OC[C@@H]5CO[C@@H](c6ccc(Cl)cc6Cl)O5)cc4OC)CC3)cc2)c1=O. The molecule has 3 heterocycles. The number of benzene rings is 3. The molecule has 2 aliphatic heterocycles. The van der Waals surface area contributed by atoms with Crippen LogP contribution in [0, 0.1) is 0 Å². The molecular formula is C33H37Cl2N5O5. The molecule has 0 amide bonds. The number of piperazine rings is 1. The van der Waals surface area contributed by atoms with Crippen molar-refractivity contribution in [1.29, 1.82) is 0 Å². The summed E-state index contributed by atoms with van der Waals surface area (Å²) in [6.45, 7) is 8.14. The molecule has 6 rings (SSSR count). The maximum absolute atomic E-state index is 12.8. The summed E-state index contributed by atoms with van der Waals surface area (Å²) in [4.78, 5) is 17.5. The Hall–Kier alpha value is -3.70. The number of ether oxygens (including phenoxy) is 4. The van der Waals surface area contributed by atoms with Crippen LogP contribution in [0.5, 0.6) is 11.5 Å². The van der Waals surface area contributed by atoms with Crippen LogP contribution in [-0.2, 0) is 9.47 Å². The number of rotatable bonds is 10. The monoisotopic (exact) mass is 653 g/mol. The van der Waals surface area contributed by atoms with E-state index in [1.165, 1.54) is 4.68 Å². The molecule has 10 nitrogen and oxygen atoms in total. The zero-order valence-electron chi connectivity index (χ0n) is 25.6. The Morgan fingerprint density at radius 3 is 2.42 bits per heavy atom. The van der Waals surface area contributed by atoms with Gasteiger partial charge in [-0.3, -0.25) is 0 Å². The number of hydrogen-bond acceptors (Lipinski definition) is 8. The van der Waals surface area contributed by atoms with Crippen LogP contribution >= 0.6 is 23.2 Å². The van der Waals surface area contributed by atoms with Crippen LogP contribution in [0.25, 0.3) is 5.69 Å². The Bertz CT molecular complexity index is 1670. The standard InChI is InChI=1S/C33H37Cl2N5O5/c1-4-22(2)40-33(41)39(21-36-40)25-8-6-24(7-9-25)37-13-15-38(16-14-37)30-12-10-26(18-31(30)42-3)43-19-27-20-44-32(45-27)28-11-5-23(34)17-29(28)35/h5-12,17-18,21-22,27,32H,4,13-16,19-20H2,1-3H3/t22?,27-,32-/m1/s1. The second kappa shape index (κ2) is 13.7. The van der Waals surface area contributed by atoms with Crippen LogP contribution in [-0.4, -0.2) is 67.0 Å². The Morgan fingerprint density at radius 2 is 1.71 bits per heavy atom. The fourth-order valence-corrected chi connectivity index (χ4v) is 6.09. The zero-order valence-corrected chi connectivity index (χ0v) is 27.1. The molecule has 2 aliphatic rings. The summed E-state index contributed by atoms with van der Waals surface area (Å²) in [6, 6.07) is 19.3. The van der Waals surface area contributed by atoms with Gasteiger partial charge in [-0.15, -0.1) is 0 Å². The fourth-order valence-electron chi connectivity index (χ4n) is 5.59. The summed E-state index contributed by atoms with van der Waals surface area (Å²) in [6.07, 6.45) is 1.65. The minimum absolute atomic E-state index is 0.0631. The lowest BCUT2D eigenvalue weighted by Crippen LogP contribution is -2.46. The van der Waals surface area contributed by atoms with Gasteiger partial charge in [-0.1, -0.05) is 36.2 Å². The molecule has 0 radical (unpaired) electrons. The van der Waals surface area contributed by atoms with Crippen LogP contribution in [0.4, 0.5) is 11.4 Å². The zero-order chi connectivity index (χ0) is 31.5. The van der Waals surface area contributed by atoms with E-state index in [1.54, 1.807) is 30.1 Å². The van der Waals surface area contributed by atoms with Gasteiger partial charge in [0.1, 0.15) is 30.5 Å². The minimum Gasteiger partial charge on any atom is -0.494 e. The first-order chi connectivity index (χ1) is 21.8. The molecule has 3 atom stereocenters.